The summed E-state index contributed by atoms with van der Waals surface area (Å²) in [6, 6.07) is 3.93. The van der Waals surface area contributed by atoms with Crippen LogP contribution in [-0.2, 0) is 6.18 Å². The van der Waals surface area contributed by atoms with Gasteiger partial charge in [-0.3, -0.25) is 0 Å². The first-order valence-corrected chi connectivity index (χ1v) is 9.05. The highest BCUT2D eigenvalue weighted by Gasteiger charge is 2.32. The van der Waals surface area contributed by atoms with Crippen molar-refractivity contribution in [3.05, 3.63) is 34.0 Å². The van der Waals surface area contributed by atoms with Gasteiger partial charge in [-0.05, 0) is 18.9 Å². The highest BCUT2D eigenvalue weighted by Crippen LogP contribution is 2.37. The van der Waals surface area contributed by atoms with Crippen molar-refractivity contribution >= 4 is 23.1 Å². The van der Waals surface area contributed by atoms with E-state index in [-0.39, 0.29) is 48.1 Å². The molecule has 0 aliphatic heterocycles. The third-order valence-corrected chi connectivity index (χ3v) is 4.58. The molecule has 11 heteroatoms. The van der Waals surface area contributed by atoms with Crippen LogP contribution in [0.2, 0.25) is 0 Å². The number of aryl methyl sites for hydroxylation is 1. The standard InChI is InChI=1S/C15H13F6NO2S2/c1-9-5-12(23-3-2-4-26-15(19,20)21)22-13(6-9)24-10-7-11(25-8-10)14(16,17)18/h5-8H,2-4H2,1H3. The summed E-state index contributed by atoms with van der Waals surface area (Å²) < 4.78 is 84.4. The summed E-state index contributed by atoms with van der Waals surface area (Å²) in [4.78, 5) is 3.20. The van der Waals surface area contributed by atoms with Crippen molar-refractivity contribution in [2.75, 3.05) is 12.4 Å². The third-order valence-electron chi connectivity index (χ3n) is 2.80. The van der Waals surface area contributed by atoms with Crippen molar-refractivity contribution in [1.29, 1.82) is 0 Å². The minimum Gasteiger partial charge on any atom is -0.478 e. The molecule has 0 amide bonds. The maximum Gasteiger partial charge on any atom is 0.441 e. The average Bonchev–Trinajstić information content (AvgIpc) is 2.93. The van der Waals surface area contributed by atoms with Gasteiger partial charge in [0, 0.05) is 29.3 Å². The largest absolute Gasteiger partial charge is 0.478 e. The zero-order chi connectivity index (χ0) is 19.4. The molecule has 144 valence electrons. The number of alkyl halides is 6. The van der Waals surface area contributed by atoms with E-state index in [2.05, 4.69) is 4.98 Å². The molecule has 26 heavy (non-hydrogen) atoms. The summed E-state index contributed by atoms with van der Waals surface area (Å²) in [6.45, 7) is 1.73. The van der Waals surface area contributed by atoms with E-state index in [9.17, 15) is 26.3 Å². The zero-order valence-electron chi connectivity index (χ0n) is 13.3. The minimum absolute atomic E-state index is 0.00653. The van der Waals surface area contributed by atoms with Crippen LogP contribution in [0, 0.1) is 6.92 Å². The molecule has 0 saturated heterocycles. The van der Waals surface area contributed by atoms with Crippen LogP contribution in [0.25, 0.3) is 0 Å². The monoisotopic (exact) mass is 417 g/mol. The second-order valence-electron chi connectivity index (χ2n) is 5.06. The Hall–Kier alpha value is -1.62. The van der Waals surface area contributed by atoms with E-state index in [1.807, 2.05) is 0 Å². The first-order chi connectivity index (χ1) is 12.0. The maximum absolute atomic E-state index is 12.6. The van der Waals surface area contributed by atoms with Crippen LogP contribution in [0.3, 0.4) is 0 Å². The fourth-order valence-electron chi connectivity index (χ4n) is 1.80. The Balaban J connectivity index is 1.93. The van der Waals surface area contributed by atoms with Crippen LogP contribution < -0.4 is 9.47 Å². The van der Waals surface area contributed by atoms with Crippen molar-refractivity contribution in [1.82, 2.24) is 4.98 Å². The molecule has 0 saturated carbocycles. The number of thioether (sulfide) groups is 1. The Morgan fingerprint density at radius 2 is 1.77 bits per heavy atom. The number of hydrogen-bond acceptors (Lipinski definition) is 5. The van der Waals surface area contributed by atoms with Crippen molar-refractivity contribution in [2.24, 2.45) is 0 Å². The highest BCUT2D eigenvalue weighted by atomic mass is 32.2. The zero-order valence-corrected chi connectivity index (χ0v) is 14.9. The fraction of sp³-hybridized carbons (Fsp3) is 0.400. The number of pyridine rings is 1. The summed E-state index contributed by atoms with van der Waals surface area (Å²) in [5, 5.41) is 1.21. The SMILES string of the molecule is Cc1cc(OCCCSC(F)(F)F)nc(Oc2csc(C(F)(F)F)c2)c1. The first kappa shape index (κ1) is 20.7. The van der Waals surface area contributed by atoms with E-state index in [0.717, 1.165) is 6.07 Å². The van der Waals surface area contributed by atoms with Crippen LogP contribution in [0.15, 0.2) is 23.6 Å². The molecule has 0 radical (unpaired) electrons. The predicted molar refractivity (Wildman–Crippen MR) is 87.0 cm³/mol. The molecule has 0 unspecified atom stereocenters. The van der Waals surface area contributed by atoms with E-state index in [4.69, 9.17) is 9.47 Å². The first-order valence-electron chi connectivity index (χ1n) is 7.19. The Labute approximate surface area is 153 Å². The smallest absolute Gasteiger partial charge is 0.441 e. The molecule has 2 rings (SSSR count). The highest BCUT2D eigenvalue weighted by molar-refractivity contribution is 8.00. The van der Waals surface area contributed by atoms with Gasteiger partial charge >= 0.3 is 11.7 Å². The molecule has 0 bridgehead atoms. The van der Waals surface area contributed by atoms with Gasteiger partial charge in [0.2, 0.25) is 11.8 Å². The summed E-state index contributed by atoms with van der Waals surface area (Å²) >= 11 is 0.367. The lowest BCUT2D eigenvalue weighted by Crippen LogP contribution is -2.05. The summed E-state index contributed by atoms with van der Waals surface area (Å²) in [6.07, 6.45) is -4.29. The lowest BCUT2D eigenvalue weighted by molar-refractivity contribution is -0.134. The Kier molecular flexibility index (Phi) is 6.67. The fourth-order valence-corrected chi connectivity index (χ4v) is 2.97. The number of rotatable bonds is 7. The Bertz CT molecular complexity index is 730. The molecule has 0 aromatic carbocycles. The van der Waals surface area contributed by atoms with E-state index >= 15 is 0 Å². The lowest BCUT2D eigenvalue weighted by Gasteiger charge is -2.09. The van der Waals surface area contributed by atoms with Gasteiger partial charge in [0.15, 0.2) is 0 Å². The van der Waals surface area contributed by atoms with E-state index < -0.39 is 16.6 Å². The van der Waals surface area contributed by atoms with Crippen LogP contribution in [0.4, 0.5) is 26.3 Å². The van der Waals surface area contributed by atoms with Crippen molar-refractivity contribution in [3.63, 3.8) is 0 Å². The van der Waals surface area contributed by atoms with Gasteiger partial charge in [-0.2, -0.15) is 31.3 Å². The molecule has 2 aromatic heterocycles. The van der Waals surface area contributed by atoms with Crippen molar-refractivity contribution in [3.8, 4) is 17.5 Å². The second-order valence-corrected chi connectivity index (χ2v) is 7.13. The van der Waals surface area contributed by atoms with E-state index in [1.165, 1.54) is 11.4 Å². The lowest BCUT2D eigenvalue weighted by atomic mass is 10.3. The van der Waals surface area contributed by atoms with Crippen molar-refractivity contribution in [2.45, 2.75) is 25.0 Å². The third kappa shape index (κ3) is 6.94. The molecule has 0 spiro atoms. The van der Waals surface area contributed by atoms with Crippen LogP contribution in [0.1, 0.15) is 16.9 Å². The summed E-state index contributed by atoms with van der Waals surface area (Å²) in [5.41, 5.74) is -3.60. The van der Waals surface area contributed by atoms with Crippen LogP contribution in [0.5, 0.6) is 17.5 Å². The molecular weight excluding hydrogens is 404 g/mol. The van der Waals surface area contributed by atoms with Gasteiger partial charge in [-0.1, -0.05) is 11.8 Å². The van der Waals surface area contributed by atoms with Gasteiger partial charge in [-0.15, -0.1) is 11.3 Å². The number of aromatic nitrogens is 1. The molecule has 2 aromatic rings. The molecule has 2 heterocycles. The van der Waals surface area contributed by atoms with E-state index in [1.54, 1.807) is 13.0 Å². The number of ether oxygens (including phenoxy) is 2. The quantitative estimate of drug-likeness (QED) is 0.392. The van der Waals surface area contributed by atoms with Gasteiger partial charge in [0.1, 0.15) is 10.6 Å². The van der Waals surface area contributed by atoms with Gasteiger partial charge < -0.3 is 9.47 Å². The van der Waals surface area contributed by atoms with Gasteiger partial charge in [0.05, 0.1) is 6.61 Å². The Morgan fingerprint density at radius 3 is 2.38 bits per heavy atom. The van der Waals surface area contributed by atoms with Gasteiger partial charge in [0.25, 0.3) is 0 Å². The van der Waals surface area contributed by atoms with Gasteiger partial charge in [-0.25, -0.2) is 0 Å². The second kappa shape index (κ2) is 8.38. The van der Waals surface area contributed by atoms with E-state index in [0.29, 0.717) is 16.9 Å². The molecule has 0 aliphatic carbocycles. The average molecular weight is 417 g/mol. The van der Waals surface area contributed by atoms with Crippen LogP contribution >= 0.6 is 23.1 Å². The molecule has 0 atom stereocenters. The Morgan fingerprint density at radius 1 is 1.08 bits per heavy atom. The minimum atomic E-state index is -4.45. The number of hydrogen-bond donors (Lipinski definition) is 0. The molecule has 0 N–H and O–H groups in total. The summed E-state index contributed by atoms with van der Waals surface area (Å²) in [5.74, 6) is 0.0146. The number of halogens is 6. The normalized spacial score (nSPS) is 12.3. The molecule has 0 fully saturated rings. The topological polar surface area (TPSA) is 31.4 Å². The van der Waals surface area contributed by atoms with Crippen molar-refractivity contribution < 1.29 is 35.8 Å². The summed E-state index contributed by atoms with van der Waals surface area (Å²) in [7, 11) is 0. The maximum atomic E-state index is 12.6. The number of thiophene rings is 1. The molecular formula is C15H13F6NO2S2. The molecule has 0 aliphatic rings. The van der Waals surface area contributed by atoms with Crippen LogP contribution in [-0.4, -0.2) is 22.9 Å². The predicted octanol–water partition coefficient (Wildman–Crippen LogP) is 6.28. The number of nitrogens with zero attached hydrogens (tertiary/aromatic N) is 1. The molecule has 3 nitrogen and oxygen atoms in total.